The lowest BCUT2D eigenvalue weighted by molar-refractivity contribution is 0.0935. The molecule has 27 heavy (non-hydrogen) atoms. The highest BCUT2D eigenvalue weighted by molar-refractivity contribution is 7.92. The van der Waals surface area contributed by atoms with Crippen molar-refractivity contribution in [2.75, 3.05) is 16.6 Å². The molecule has 6 heteroatoms. The van der Waals surface area contributed by atoms with E-state index in [2.05, 4.69) is 5.32 Å². The standard InChI is InChI=1S/C21H26N2O3S/c1-3-20(17-8-6-16(2)7-9-17)22-21(24)18-10-12-19(13-11-18)23-14-4-5-15-27(23,25)26/h6-13,20H,3-5,14-15H2,1-2H3,(H,22,24)/t20-/m1/s1. The molecule has 1 amide bonds. The Morgan fingerprint density at radius 1 is 1.07 bits per heavy atom. The van der Waals surface area contributed by atoms with Crippen LogP contribution >= 0.6 is 0 Å². The first kappa shape index (κ1) is 19.4. The molecule has 0 saturated carbocycles. The van der Waals surface area contributed by atoms with E-state index in [1.807, 2.05) is 38.1 Å². The van der Waals surface area contributed by atoms with Gasteiger partial charge >= 0.3 is 0 Å². The zero-order chi connectivity index (χ0) is 19.4. The maximum atomic E-state index is 12.6. The number of nitrogens with zero attached hydrogens (tertiary/aromatic N) is 1. The van der Waals surface area contributed by atoms with Crippen LogP contribution in [-0.4, -0.2) is 26.6 Å². The monoisotopic (exact) mass is 386 g/mol. The second kappa shape index (κ2) is 8.13. The number of sulfonamides is 1. The van der Waals surface area contributed by atoms with E-state index in [1.165, 1.54) is 9.87 Å². The zero-order valence-corrected chi connectivity index (χ0v) is 16.6. The van der Waals surface area contributed by atoms with Gasteiger partial charge in [0.2, 0.25) is 10.0 Å². The minimum absolute atomic E-state index is 0.0553. The van der Waals surface area contributed by atoms with Crippen molar-refractivity contribution in [2.45, 2.75) is 39.2 Å². The summed E-state index contributed by atoms with van der Waals surface area (Å²) in [7, 11) is -3.24. The SMILES string of the molecule is CC[C@@H](NC(=O)c1ccc(N2CCCCS2(=O)=O)cc1)c1ccc(C)cc1. The maximum Gasteiger partial charge on any atom is 0.251 e. The highest BCUT2D eigenvalue weighted by atomic mass is 32.2. The lowest BCUT2D eigenvalue weighted by Gasteiger charge is -2.28. The highest BCUT2D eigenvalue weighted by Gasteiger charge is 2.26. The van der Waals surface area contributed by atoms with Crippen LogP contribution < -0.4 is 9.62 Å². The lowest BCUT2D eigenvalue weighted by atomic mass is 10.0. The molecule has 1 fully saturated rings. The van der Waals surface area contributed by atoms with Gasteiger partial charge in [-0.25, -0.2) is 8.42 Å². The Morgan fingerprint density at radius 2 is 1.74 bits per heavy atom. The van der Waals surface area contributed by atoms with Crippen molar-refractivity contribution < 1.29 is 13.2 Å². The second-order valence-corrected chi connectivity index (χ2v) is 9.00. The number of amides is 1. The predicted molar refractivity (Wildman–Crippen MR) is 108 cm³/mol. The Bertz CT molecular complexity index is 890. The smallest absolute Gasteiger partial charge is 0.251 e. The fourth-order valence-corrected chi connectivity index (χ4v) is 4.96. The Balaban J connectivity index is 1.72. The third kappa shape index (κ3) is 4.50. The molecule has 2 aromatic carbocycles. The van der Waals surface area contributed by atoms with Gasteiger partial charge in [-0.1, -0.05) is 36.8 Å². The molecule has 2 aromatic rings. The van der Waals surface area contributed by atoms with E-state index in [9.17, 15) is 13.2 Å². The fraction of sp³-hybridized carbons (Fsp3) is 0.381. The van der Waals surface area contributed by atoms with E-state index in [0.29, 0.717) is 24.2 Å². The van der Waals surface area contributed by atoms with E-state index in [4.69, 9.17) is 0 Å². The second-order valence-electron chi connectivity index (χ2n) is 6.99. The molecule has 1 saturated heterocycles. The summed E-state index contributed by atoms with van der Waals surface area (Å²) in [5.41, 5.74) is 3.41. The number of carbonyl (C=O) groups excluding carboxylic acids is 1. The van der Waals surface area contributed by atoms with E-state index in [1.54, 1.807) is 24.3 Å². The third-order valence-electron chi connectivity index (χ3n) is 4.96. The van der Waals surface area contributed by atoms with Crippen LogP contribution in [-0.2, 0) is 10.0 Å². The molecular formula is C21H26N2O3S. The summed E-state index contributed by atoms with van der Waals surface area (Å²) in [6.45, 7) is 4.57. The zero-order valence-electron chi connectivity index (χ0n) is 15.8. The topological polar surface area (TPSA) is 66.5 Å². The van der Waals surface area contributed by atoms with Crippen LogP contribution in [0.3, 0.4) is 0 Å². The average Bonchev–Trinajstić information content (AvgIpc) is 2.66. The maximum absolute atomic E-state index is 12.6. The van der Waals surface area contributed by atoms with E-state index in [0.717, 1.165) is 18.4 Å². The van der Waals surface area contributed by atoms with Gasteiger partial charge in [0.05, 0.1) is 17.5 Å². The average molecular weight is 387 g/mol. The Morgan fingerprint density at radius 3 is 2.33 bits per heavy atom. The van der Waals surface area contributed by atoms with Gasteiger partial charge in [-0.2, -0.15) is 0 Å². The number of nitrogens with one attached hydrogen (secondary N) is 1. The minimum atomic E-state index is -3.24. The molecule has 144 valence electrons. The van der Waals surface area contributed by atoms with Gasteiger partial charge in [0.1, 0.15) is 0 Å². The number of aryl methyl sites for hydroxylation is 1. The Hall–Kier alpha value is -2.34. The number of carbonyl (C=O) groups is 1. The molecule has 3 rings (SSSR count). The summed E-state index contributed by atoms with van der Waals surface area (Å²) < 4.78 is 25.9. The summed E-state index contributed by atoms with van der Waals surface area (Å²) in [5.74, 6) is 0.0275. The van der Waals surface area contributed by atoms with Crippen molar-refractivity contribution in [3.8, 4) is 0 Å². The van der Waals surface area contributed by atoms with E-state index in [-0.39, 0.29) is 17.7 Å². The summed E-state index contributed by atoms with van der Waals surface area (Å²) in [5, 5.41) is 3.06. The van der Waals surface area contributed by atoms with Crippen LogP contribution in [0.2, 0.25) is 0 Å². The number of hydrogen-bond acceptors (Lipinski definition) is 3. The van der Waals surface area contributed by atoms with Gasteiger partial charge < -0.3 is 5.32 Å². The molecule has 1 atom stereocenters. The van der Waals surface area contributed by atoms with Crippen LogP contribution in [0.25, 0.3) is 0 Å². The van der Waals surface area contributed by atoms with Gasteiger partial charge in [-0.3, -0.25) is 9.10 Å². The molecule has 5 nitrogen and oxygen atoms in total. The highest BCUT2D eigenvalue weighted by Crippen LogP contribution is 2.24. The molecule has 0 aliphatic carbocycles. The van der Waals surface area contributed by atoms with E-state index < -0.39 is 10.0 Å². The van der Waals surface area contributed by atoms with Crippen molar-refractivity contribution in [1.82, 2.24) is 5.32 Å². The fourth-order valence-electron chi connectivity index (χ4n) is 3.32. The summed E-state index contributed by atoms with van der Waals surface area (Å²) in [6.07, 6.45) is 2.35. The summed E-state index contributed by atoms with van der Waals surface area (Å²) in [4.78, 5) is 12.6. The number of benzene rings is 2. The van der Waals surface area contributed by atoms with Crippen molar-refractivity contribution in [2.24, 2.45) is 0 Å². The Kier molecular flexibility index (Phi) is 5.85. The predicted octanol–water partition coefficient (Wildman–Crippen LogP) is 3.81. The van der Waals surface area contributed by atoms with Crippen LogP contribution in [0.5, 0.6) is 0 Å². The first-order valence-electron chi connectivity index (χ1n) is 9.38. The molecule has 1 N–H and O–H groups in total. The van der Waals surface area contributed by atoms with Gasteiger partial charge in [0, 0.05) is 12.1 Å². The molecular weight excluding hydrogens is 360 g/mol. The lowest BCUT2D eigenvalue weighted by Crippen LogP contribution is -2.37. The van der Waals surface area contributed by atoms with Crippen LogP contribution in [0.4, 0.5) is 5.69 Å². The van der Waals surface area contributed by atoms with Gasteiger partial charge in [-0.05, 0) is 56.0 Å². The molecule has 0 spiro atoms. The van der Waals surface area contributed by atoms with Crippen LogP contribution in [0.1, 0.15) is 53.7 Å². The van der Waals surface area contributed by atoms with Gasteiger partial charge in [-0.15, -0.1) is 0 Å². The van der Waals surface area contributed by atoms with E-state index >= 15 is 0 Å². The molecule has 0 radical (unpaired) electrons. The van der Waals surface area contributed by atoms with Gasteiger partial charge in [0.15, 0.2) is 0 Å². The normalized spacial score (nSPS) is 17.3. The number of rotatable bonds is 5. The number of hydrogen-bond donors (Lipinski definition) is 1. The largest absolute Gasteiger partial charge is 0.345 e. The van der Waals surface area contributed by atoms with Crippen LogP contribution in [0, 0.1) is 6.92 Å². The summed E-state index contributed by atoms with van der Waals surface area (Å²) in [6, 6.07) is 14.9. The first-order valence-corrected chi connectivity index (χ1v) is 11.0. The van der Waals surface area contributed by atoms with Crippen molar-refractivity contribution in [3.63, 3.8) is 0 Å². The molecule has 1 aliphatic heterocycles. The minimum Gasteiger partial charge on any atom is -0.345 e. The third-order valence-corrected chi connectivity index (χ3v) is 6.83. The first-order chi connectivity index (χ1) is 12.9. The van der Waals surface area contributed by atoms with Gasteiger partial charge in [0.25, 0.3) is 5.91 Å². The van der Waals surface area contributed by atoms with Crippen molar-refractivity contribution in [3.05, 3.63) is 65.2 Å². The molecule has 0 bridgehead atoms. The van der Waals surface area contributed by atoms with Crippen molar-refractivity contribution in [1.29, 1.82) is 0 Å². The molecule has 1 heterocycles. The molecule has 0 unspecified atom stereocenters. The Labute approximate surface area is 161 Å². The molecule has 1 aliphatic rings. The molecule has 0 aromatic heterocycles. The van der Waals surface area contributed by atoms with Crippen molar-refractivity contribution >= 4 is 21.6 Å². The summed E-state index contributed by atoms with van der Waals surface area (Å²) >= 11 is 0. The van der Waals surface area contributed by atoms with Crippen LogP contribution in [0.15, 0.2) is 48.5 Å². The quantitative estimate of drug-likeness (QED) is 0.850. The number of anilines is 1.